The third-order valence-corrected chi connectivity index (χ3v) is 3.58. The maximum Gasteiger partial charge on any atom is 0.0104 e. The fraction of sp³-hybridized carbons (Fsp3) is 0.385. The summed E-state index contributed by atoms with van der Waals surface area (Å²) < 4.78 is 0. The summed E-state index contributed by atoms with van der Waals surface area (Å²) in [4.78, 5) is 1.51. The number of aryl methyl sites for hydroxylation is 2. The number of hydrogen-bond donors (Lipinski definition) is 0. The summed E-state index contributed by atoms with van der Waals surface area (Å²) in [6.07, 6.45) is 11.8. The van der Waals surface area contributed by atoms with Gasteiger partial charge in [0.15, 0.2) is 0 Å². The molecule has 0 saturated carbocycles. The summed E-state index contributed by atoms with van der Waals surface area (Å²) in [6, 6.07) is 6.93. The van der Waals surface area contributed by atoms with Crippen molar-refractivity contribution in [2.24, 2.45) is 0 Å². The first-order valence-corrected chi connectivity index (χ1v) is 5.96. The second-order valence-corrected chi connectivity index (χ2v) is 4.38. The normalized spacial score (nSPS) is 13.6. The van der Waals surface area contributed by atoms with E-state index in [-0.39, 0.29) is 0 Å². The van der Waals surface area contributed by atoms with Crippen molar-refractivity contribution in [2.75, 3.05) is 5.75 Å². The Morgan fingerprint density at radius 3 is 2.86 bits per heavy atom. The van der Waals surface area contributed by atoms with Crippen molar-refractivity contribution >= 4 is 11.8 Å². The molecule has 0 radical (unpaired) electrons. The third kappa shape index (κ3) is 2.56. The summed E-state index contributed by atoms with van der Waals surface area (Å²) in [5.41, 5.74) is 3.06. The molecular weight excluding hydrogens is 188 g/mol. The average Bonchev–Trinajstić information content (AvgIpc) is 2.31. The van der Waals surface area contributed by atoms with Gasteiger partial charge in [0.2, 0.25) is 0 Å². The molecule has 1 aliphatic heterocycles. The van der Waals surface area contributed by atoms with Crippen LogP contribution in [0.1, 0.15) is 24.5 Å². The first kappa shape index (κ1) is 11.2. The molecule has 0 fully saturated rings. The Labute approximate surface area is 91.1 Å². The molecule has 1 aliphatic rings. The highest BCUT2D eigenvalue weighted by Gasteiger charge is 2.08. The van der Waals surface area contributed by atoms with Crippen LogP contribution in [-0.4, -0.2) is 5.75 Å². The van der Waals surface area contributed by atoms with Gasteiger partial charge >= 0.3 is 0 Å². The van der Waals surface area contributed by atoms with Crippen LogP contribution in [0.5, 0.6) is 0 Å². The molecule has 0 aromatic heterocycles. The van der Waals surface area contributed by atoms with Gasteiger partial charge in [-0.2, -0.15) is 0 Å². The molecule has 1 aromatic rings. The van der Waals surface area contributed by atoms with Crippen molar-refractivity contribution in [1.29, 1.82) is 0 Å². The molecule has 14 heavy (non-hydrogen) atoms. The van der Waals surface area contributed by atoms with Gasteiger partial charge < -0.3 is 0 Å². The summed E-state index contributed by atoms with van der Waals surface area (Å²) in [6.45, 7) is 2.22. The van der Waals surface area contributed by atoms with Crippen molar-refractivity contribution in [1.82, 2.24) is 0 Å². The molecule has 0 spiro atoms. The summed E-state index contributed by atoms with van der Waals surface area (Å²) in [5.74, 6) is 1.30. The van der Waals surface area contributed by atoms with Gasteiger partial charge in [-0.1, -0.05) is 19.1 Å². The fourth-order valence-electron chi connectivity index (χ4n) is 1.63. The number of rotatable bonds is 1. The standard InChI is InChI=1S/C11H14S.C2H2/c1-2-9-5-6-11-10(8-9)4-3-7-12-11;1-2/h5-6,8H,2-4,7H2,1H3;1-2H. The maximum absolute atomic E-state index is 4.00. The van der Waals surface area contributed by atoms with Crippen molar-refractivity contribution in [3.8, 4) is 12.8 Å². The average molecular weight is 204 g/mol. The molecule has 0 unspecified atom stereocenters. The van der Waals surface area contributed by atoms with E-state index in [1.165, 1.54) is 29.1 Å². The molecular formula is C13H16S. The van der Waals surface area contributed by atoms with Gasteiger partial charge in [0.1, 0.15) is 0 Å². The smallest absolute Gasteiger partial charge is 0.0104 e. The van der Waals surface area contributed by atoms with Crippen LogP contribution in [0.2, 0.25) is 0 Å². The minimum atomic E-state index is 1.16. The van der Waals surface area contributed by atoms with Crippen LogP contribution in [0.25, 0.3) is 0 Å². The predicted molar refractivity (Wildman–Crippen MR) is 64.8 cm³/mol. The molecule has 0 aliphatic carbocycles. The van der Waals surface area contributed by atoms with Gasteiger partial charge in [0.05, 0.1) is 0 Å². The van der Waals surface area contributed by atoms with E-state index in [1.807, 2.05) is 11.8 Å². The van der Waals surface area contributed by atoms with E-state index >= 15 is 0 Å². The second kappa shape index (κ2) is 5.78. The number of terminal acetylenes is 1. The number of benzene rings is 1. The zero-order valence-electron chi connectivity index (χ0n) is 8.62. The monoisotopic (exact) mass is 204 g/mol. The Balaban J connectivity index is 0.000000461. The predicted octanol–water partition coefficient (Wildman–Crippen LogP) is 3.54. The quantitative estimate of drug-likeness (QED) is 0.631. The Morgan fingerprint density at radius 2 is 2.14 bits per heavy atom. The lowest BCUT2D eigenvalue weighted by atomic mass is 10.1. The Morgan fingerprint density at radius 1 is 1.36 bits per heavy atom. The van der Waals surface area contributed by atoms with Crippen LogP contribution < -0.4 is 0 Å². The van der Waals surface area contributed by atoms with Crippen LogP contribution in [0.15, 0.2) is 23.1 Å². The van der Waals surface area contributed by atoms with Gasteiger partial charge in [0.25, 0.3) is 0 Å². The van der Waals surface area contributed by atoms with Gasteiger partial charge in [0, 0.05) is 4.90 Å². The zero-order chi connectivity index (χ0) is 10.4. The first-order chi connectivity index (χ1) is 6.90. The van der Waals surface area contributed by atoms with Crippen LogP contribution in [-0.2, 0) is 12.8 Å². The highest BCUT2D eigenvalue weighted by Crippen LogP contribution is 2.30. The van der Waals surface area contributed by atoms with Gasteiger partial charge in [-0.05, 0) is 42.2 Å². The molecule has 1 heterocycles. The van der Waals surface area contributed by atoms with Gasteiger partial charge in [-0.3, -0.25) is 0 Å². The third-order valence-electron chi connectivity index (χ3n) is 2.38. The lowest BCUT2D eigenvalue weighted by molar-refractivity contribution is 0.884. The SMILES string of the molecule is C#C.CCc1ccc2c(c1)CCCS2. The minimum absolute atomic E-state index is 1.16. The van der Waals surface area contributed by atoms with Gasteiger partial charge in [-0.25, -0.2) is 0 Å². The van der Waals surface area contributed by atoms with E-state index in [2.05, 4.69) is 38.0 Å². The van der Waals surface area contributed by atoms with E-state index in [9.17, 15) is 0 Å². The van der Waals surface area contributed by atoms with Crippen LogP contribution in [0.3, 0.4) is 0 Å². The number of fused-ring (bicyclic) bond motifs is 1. The largest absolute Gasteiger partial charge is 0.126 e. The van der Waals surface area contributed by atoms with E-state index in [4.69, 9.17) is 0 Å². The Hall–Kier alpha value is -0.870. The lowest BCUT2D eigenvalue weighted by Gasteiger charge is -2.15. The zero-order valence-corrected chi connectivity index (χ0v) is 9.44. The van der Waals surface area contributed by atoms with E-state index < -0.39 is 0 Å². The van der Waals surface area contributed by atoms with Crippen molar-refractivity contribution in [3.63, 3.8) is 0 Å². The molecule has 2 rings (SSSR count). The molecule has 1 heteroatoms. The molecule has 1 aromatic carbocycles. The molecule has 0 atom stereocenters. The molecule has 0 saturated heterocycles. The van der Waals surface area contributed by atoms with E-state index in [0.29, 0.717) is 0 Å². The number of thioether (sulfide) groups is 1. The maximum atomic E-state index is 4.00. The Bertz CT molecular complexity index is 312. The fourth-order valence-corrected chi connectivity index (χ4v) is 2.65. The Kier molecular flexibility index (Phi) is 4.62. The molecule has 0 N–H and O–H groups in total. The van der Waals surface area contributed by atoms with E-state index in [1.54, 1.807) is 5.56 Å². The van der Waals surface area contributed by atoms with Crippen LogP contribution in [0, 0.1) is 12.8 Å². The molecule has 74 valence electrons. The second-order valence-electron chi connectivity index (χ2n) is 3.25. The topological polar surface area (TPSA) is 0 Å². The summed E-state index contributed by atoms with van der Waals surface area (Å²) in [7, 11) is 0. The van der Waals surface area contributed by atoms with Crippen molar-refractivity contribution in [2.45, 2.75) is 31.1 Å². The van der Waals surface area contributed by atoms with Crippen molar-refractivity contribution < 1.29 is 0 Å². The minimum Gasteiger partial charge on any atom is -0.126 e. The highest BCUT2D eigenvalue weighted by atomic mass is 32.2. The molecule has 0 bridgehead atoms. The van der Waals surface area contributed by atoms with Gasteiger partial charge in [-0.15, -0.1) is 24.6 Å². The molecule has 0 nitrogen and oxygen atoms in total. The lowest BCUT2D eigenvalue weighted by Crippen LogP contribution is -1.98. The molecule has 0 amide bonds. The van der Waals surface area contributed by atoms with Crippen LogP contribution >= 0.6 is 11.8 Å². The van der Waals surface area contributed by atoms with Crippen LogP contribution in [0.4, 0.5) is 0 Å². The highest BCUT2D eigenvalue weighted by molar-refractivity contribution is 7.99. The summed E-state index contributed by atoms with van der Waals surface area (Å²) >= 11 is 2.01. The van der Waals surface area contributed by atoms with E-state index in [0.717, 1.165) is 6.42 Å². The number of hydrogen-bond acceptors (Lipinski definition) is 1. The summed E-state index contributed by atoms with van der Waals surface area (Å²) in [5, 5.41) is 0. The van der Waals surface area contributed by atoms with Crippen molar-refractivity contribution in [3.05, 3.63) is 29.3 Å². The first-order valence-electron chi connectivity index (χ1n) is 4.98.